The summed E-state index contributed by atoms with van der Waals surface area (Å²) in [5.41, 5.74) is 5.80. The molecular weight excluding hydrogens is 380 g/mol. The van der Waals surface area contributed by atoms with E-state index in [0.29, 0.717) is 0 Å². The molecule has 1 fully saturated rings. The minimum Gasteiger partial charge on any atom is -0.497 e. The van der Waals surface area contributed by atoms with E-state index in [4.69, 9.17) is 17.0 Å². The molecule has 1 aromatic carbocycles. The van der Waals surface area contributed by atoms with Crippen molar-refractivity contribution in [1.82, 2.24) is 19.8 Å². The second-order valence-electron chi connectivity index (χ2n) is 7.27. The largest absolute Gasteiger partial charge is 0.497 e. The molecule has 0 bridgehead atoms. The zero-order valence-corrected chi connectivity index (χ0v) is 18.0. The van der Waals surface area contributed by atoms with E-state index in [0.717, 1.165) is 28.8 Å². The third-order valence-electron chi connectivity index (χ3n) is 5.66. The van der Waals surface area contributed by atoms with Gasteiger partial charge in [-0.15, -0.1) is 0 Å². The van der Waals surface area contributed by atoms with Crippen LogP contribution in [0.25, 0.3) is 5.69 Å². The highest BCUT2D eigenvalue weighted by atomic mass is 32.1. The van der Waals surface area contributed by atoms with E-state index in [-0.39, 0.29) is 12.1 Å². The van der Waals surface area contributed by atoms with E-state index in [2.05, 4.69) is 64.8 Å². The molecule has 0 spiro atoms. The number of benzene rings is 1. The van der Waals surface area contributed by atoms with Crippen LogP contribution in [0.3, 0.4) is 0 Å². The number of nitrogens with one attached hydrogen (secondary N) is 1. The summed E-state index contributed by atoms with van der Waals surface area (Å²) in [5.74, 6) is 0.856. The Kier molecular flexibility index (Phi) is 5.28. The predicted octanol–water partition coefficient (Wildman–Crippen LogP) is 4.49. The van der Waals surface area contributed by atoms with Crippen LogP contribution in [0.2, 0.25) is 0 Å². The van der Waals surface area contributed by atoms with Crippen LogP contribution in [-0.2, 0) is 0 Å². The van der Waals surface area contributed by atoms with Crippen LogP contribution in [-0.4, -0.2) is 33.2 Å². The monoisotopic (exact) mass is 406 g/mol. The highest BCUT2D eigenvalue weighted by Gasteiger charge is 2.40. The Balaban J connectivity index is 1.80. The van der Waals surface area contributed by atoms with Gasteiger partial charge in [-0.3, -0.25) is 4.98 Å². The summed E-state index contributed by atoms with van der Waals surface area (Å²) in [6.45, 7) is 7.31. The number of aromatic nitrogens is 2. The summed E-state index contributed by atoms with van der Waals surface area (Å²) in [4.78, 5) is 6.87. The second-order valence-corrected chi connectivity index (χ2v) is 7.66. The van der Waals surface area contributed by atoms with Crippen molar-refractivity contribution in [3.8, 4) is 11.4 Å². The summed E-state index contributed by atoms with van der Waals surface area (Å²) >= 11 is 5.66. The van der Waals surface area contributed by atoms with Gasteiger partial charge in [-0.1, -0.05) is 6.07 Å². The van der Waals surface area contributed by atoms with Gasteiger partial charge in [-0.05, 0) is 81.0 Å². The number of aryl methyl sites for hydroxylation is 1. The van der Waals surface area contributed by atoms with Crippen molar-refractivity contribution >= 4 is 17.3 Å². The van der Waals surface area contributed by atoms with Gasteiger partial charge in [0.1, 0.15) is 5.75 Å². The fourth-order valence-corrected chi connectivity index (χ4v) is 4.67. The molecule has 150 valence electrons. The zero-order valence-electron chi connectivity index (χ0n) is 17.2. The van der Waals surface area contributed by atoms with Crippen LogP contribution >= 0.6 is 12.2 Å². The molecule has 0 radical (unpaired) electrons. The van der Waals surface area contributed by atoms with Crippen molar-refractivity contribution in [2.45, 2.75) is 32.9 Å². The van der Waals surface area contributed by atoms with E-state index in [1.54, 1.807) is 7.11 Å². The third kappa shape index (κ3) is 3.38. The molecule has 6 heteroatoms. The van der Waals surface area contributed by atoms with Gasteiger partial charge in [0.05, 0.1) is 24.9 Å². The normalized spacial score (nSPS) is 18.8. The Morgan fingerprint density at radius 3 is 2.52 bits per heavy atom. The Morgan fingerprint density at radius 1 is 1.14 bits per heavy atom. The predicted molar refractivity (Wildman–Crippen MR) is 120 cm³/mol. The summed E-state index contributed by atoms with van der Waals surface area (Å²) in [7, 11) is 1.69. The number of ether oxygens (including phenoxy) is 1. The lowest BCUT2D eigenvalue weighted by Gasteiger charge is -2.27. The first-order chi connectivity index (χ1) is 14.0. The van der Waals surface area contributed by atoms with E-state index < -0.39 is 0 Å². The fourth-order valence-electron chi connectivity index (χ4n) is 4.30. The number of thiocarbonyl (C=S) groups is 1. The molecule has 2 aromatic heterocycles. The van der Waals surface area contributed by atoms with Gasteiger partial charge in [0, 0.05) is 29.8 Å². The number of likely N-dealkylation sites (N-methyl/N-ethyl adjacent to an activating group) is 1. The van der Waals surface area contributed by atoms with E-state index in [9.17, 15) is 0 Å². The lowest BCUT2D eigenvalue weighted by molar-refractivity contribution is 0.329. The molecule has 1 aliphatic heterocycles. The van der Waals surface area contributed by atoms with Crippen LogP contribution in [0, 0.1) is 13.8 Å². The SMILES string of the molecule is CCN1C(=S)N[C@@H](c2ccccn2)[C@@H]1c1cc(C)n(-c2ccc(OC)cc2)c1C. The molecule has 2 atom stereocenters. The van der Waals surface area contributed by atoms with Gasteiger partial charge in [0.2, 0.25) is 0 Å². The van der Waals surface area contributed by atoms with Gasteiger partial charge in [0.15, 0.2) is 5.11 Å². The summed E-state index contributed by atoms with van der Waals surface area (Å²) in [6, 6.07) is 16.6. The molecule has 1 aliphatic rings. The van der Waals surface area contributed by atoms with Crippen LogP contribution in [0.1, 0.15) is 41.7 Å². The average Bonchev–Trinajstić information content (AvgIpc) is 3.23. The first-order valence-electron chi connectivity index (χ1n) is 9.86. The topological polar surface area (TPSA) is 42.3 Å². The lowest BCUT2D eigenvalue weighted by atomic mass is 9.97. The molecule has 29 heavy (non-hydrogen) atoms. The minimum absolute atomic E-state index is 0.0217. The highest BCUT2D eigenvalue weighted by molar-refractivity contribution is 7.80. The summed E-state index contributed by atoms with van der Waals surface area (Å²) in [5, 5.41) is 4.28. The molecule has 1 N–H and O–H groups in total. The maximum absolute atomic E-state index is 5.66. The highest BCUT2D eigenvalue weighted by Crippen LogP contribution is 2.41. The third-order valence-corrected chi connectivity index (χ3v) is 6.01. The number of rotatable bonds is 5. The second kappa shape index (κ2) is 7.87. The smallest absolute Gasteiger partial charge is 0.170 e. The van der Waals surface area contributed by atoms with Gasteiger partial charge in [-0.25, -0.2) is 0 Å². The van der Waals surface area contributed by atoms with Crippen molar-refractivity contribution in [2.75, 3.05) is 13.7 Å². The number of hydrogen-bond acceptors (Lipinski definition) is 3. The quantitative estimate of drug-likeness (QED) is 0.633. The van der Waals surface area contributed by atoms with Gasteiger partial charge in [0.25, 0.3) is 0 Å². The molecule has 5 nitrogen and oxygen atoms in total. The van der Waals surface area contributed by atoms with Crippen LogP contribution < -0.4 is 10.1 Å². The first kappa shape index (κ1) is 19.5. The molecule has 0 saturated carbocycles. The fraction of sp³-hybridized carbons (Fsp3) is 0.304. The van der Waals surface area contributed by atoms with E-state index in [1.165, 1.54) is 17.0 Å². The molecule has 0 aliphatic carbocycles. The standard InChI is InChI=1S/C23H26N4OS/c1-5-26-22(21(25-23(26)29)20-8-6-7-13-24-20)19-14-15(2)27(16(19)3)17-9-11-18(28-4)12-10-17/h6-14,21-22H,5H2,1-4H3,(H,25,29)/t21-,22-/m0/s1. The number of pyridine rings is 1. The lowest BCUT2D eigenvalue weighted by Crippen LogP contribution is -2.29. The summed E-state index contributed by atoms with van der Waals surface area (Å²) < 4.78 is 7.60. The van der Waals surface area contributed by atoms with Crippen molar-refractivity contribution < 1.29 is 4.74 Å². The Morgan fingerprint density at radius 2 is 1.90 bits per heavy atom. The Hall–Kier alpha value is -2.86. The van der Waals surface area contributed by atoms with Gasteiger partial charge < -0.3 is 19.5 Å². The van der Waals surface area contributed by atoms with E-state index >= 15 is 0 Å². The van der Waals surface area contributed by atoms with Gasteiger partial charge >= 0.3 is 0 Å². The number of hydrogen-bond donors (Lipinski definition) is 1. The number of nitrogens with zero attached hydrogens (tertiary/aromatic N) is 3. The maximum Gasteiger partial charge on any atom is 0.170 e. The van der Waals surface area contributed by atoms with E-state index in [1.807, 2.05) is 30.5 Å². The molecule has 4 rings (SSSR count). The summed E-state index contributed by atoms with van der Waals surface area (Å²) in [6.07, 6.45) is 1.84. The van der Waals surface area contributed by atoms with Crippen molar-refractivity contribution in [3.63, 3.8) is 0 Å². The van der Waals surface area contributed by atoms with Gasteiger partial charge in [-0.2, -0.15) is 0 Å². The van der Waals surface area contributed by atoms with Crippen LogP contribution in [0.15, 0.2) is 54.7 Å². The van der Waals surface area contributed by atoms with Crippen LogP contribution in [0.5, 0.6) is 5.75 Å². The molecule has 0 amide bonds. The molecular formula is C23H26N4OS. The molecule has 1 saturated heterocycles. The number of methoxy groups -OCH3 is 1. The zero-order chi connectivity index (χ0) is 20.5. The molecule has 3 aromatic rings. The van der Waals surface area contributed by atoms with Crippen molar-refractivity contribution in [1.29, 1.82) is 0 Å². The molecule has 0 unspecified atom stereocenters. The minimum atomic E-state index is 0.0217. The Bertz CT molecular complexity index is 1010. The maximum atomic E-state index is 5.66. The first-order valence-corrected chi connectivity index (χ1v) is 10.3. The van der Waals surface area contributed by atoms with Crippen LogP contribution in [0.4, 0.5) is 0 Å². The molecule has 3 heterocycles. The van der Waals surface area contributed by atoms with Crippen molar-refractivity contribution in [2.24, 2.45) is 0 Å². The van der Waals surface area contributed by atoms with Crippen molar-refractivity contribution in [3.05, 3.63) is 77.4 Å². The Labute approximate surface area is 177 Å². The average molecular weight is 407 g/mol.